The molecule has 1 aliphatic rings. The number of rotatable bonds is 4. The van der Waals surface area contributed by atoms with Gasteiger partial charge in [-0.15, -0.1) is 0 Å². The van der Waals surface area contributed by atoms with E-state index in [1.54, 1.807) is 18.2 Å². The van der Waals surface area contributed by atoms with E-state index in [4.69, 9.17) is 21.7 Å². The van der Waals surface area contributed by atoms with Crippen molar-refractivity contribution in [3.8, 4) is 22.6 Å². The molecule has 0 saturated heterocycles. The summed E-state index contributed by atoms with van der Waals surface area (Å²) in [4.78, 5) is 10.8. The monoisotopic (exact) mass is 393 g/mol. The molecule has 1 aliphatic heterocycles. The highest BCUT2D eigenvalue weighted by Gasteiger charge is 2.15. The molecule has 2 N–H and O–H groups in total. The number of nitrogens with one attached hydrogen (secondary N) is 2. The minimum absolute atomic E-state index is 0.0724. The second kappa shape index (κ2) is 7.53. The molecule has 0 aliphatic carbocycles. The third-order valence-electron chi connectivity index (χ3n) is 4.18. The Morgan fingerprint density at radius 2 is 1.61 bits per heavy atom. The Morgan fingerprint density at radius 3 is 2.39 bits per heavy atom. The second-order valence-electron chi connectivity index (χ2n) is 6.00. The molecule has 4 rings (SSSR count). The molecule has 0 aromatic heterocycles. The smallest absolute Gasteiger partial charge is 0.277 e. The van der Waals surface area contributed by atoms with Gasteiger partial charge in [0.1, 0.15) is 0 Å². The van der Waals surface area contributed by atoms with Crippen molar-refractivity contribution >= 4 is 34.4 Å². The molecular formula is C20H15N3O4S. The van der Waals surface area contributed by atoms with Crippen LogP contribution in [-0.4, -0.2) is 16.8 Å². The normalized spacial score (nSPS) is 11.7. The third-order valence-corrected chi connectivity index (χ3v) is 4.39. The molecule has 0 radical (unpaired) electrons. The maximum Gasteiger partial charge on any atom is 0.277 e. The first kappa shape index (κ1) is 17.7. The van der Waals surface area contributed by atoms with Crippen molar-refractivity contribution in [1.29, 1.82) is 0 Å². The molecule has 0 bridgehead atoms. The van der Waals surface area contributed by atoms with E-state index in [9.17, 15) is 10.1 Å². The van der Waals surface area contributed by atoms with Crippen LogP contribution in [-0.2, 0) is 0 Å². The van der Waals surface area contributed by atoms with Crippen molar-refractivity contribution < 1.29 is 14.4 Å². The van der Waals surface area contributed by atoms with E-state index >= 15 is 0 Å². The van der Waals surface area contributed by atoms with Gasteiger partial charge in [0.15, 0.2) is 16.6 Å². The summed E-state index contributed by atoms with van der Waals surface area (Å²) >= 11 is 5.34. The van der Waals surface area contributed by atoms with Gasteiger partial charge in [0, 0.05) is 23.5 Å². The molecule has 1 heterocycles. The largest absolute Gasteiger partial charge is 0.454 e. The first-order valence-electron chi connectivity index (χ1n) is 8.42. The van der Waals surface area contributed by atoms with E-state index in [-0.39, 0.29) is 17.4 Å². The summed E-state index contributed by atoms with van der Waals surface area (Å²) in [5, 5.41) is 17.8. The maximum atomic E-state index is 11.2. The summed E-state index contributed by atoms with van der Waals surface area (Å²) in [7, 11) is 0. The molecule has 0 saturated carbocycles. The summed E-state index contributed by atoms with van der Waals surface area (Å²) in [6.45, 7) is 0.216. The lowest BCUT2D eigenvalue weighted by Gasteiger charge is -2.11. The first-order valence-corrected chi connectivity index (χ1v) is 8.82. The number of thiocarbonyl (C=S) groups is 1. The lowest BCUT2D eigenvalue weighted by Crippen LogP contribution is -2.18. The fraction of sp³-hybridized carbons (Fsp3) is 0.0500. The van der Waals surface area contributed by atoms with Gasteiger partial charge in [-0.25, -0.2) is 0 Å². The van der Waals surface area contributed by atoms with Crippen LogP contribution in [0.2, 0.25) is 0 Å². The van der Waals surface area contributed by atoms with Crippen LogP contribution < -0.4 is 20.1 Å². The number of benzene rings is 3. The number of hydrogen-bond acceptors (Lipinski definition) is 5. The average molecular weight is 393 g/mol. The Balaban J connectivity index is 1.45. The molecule has 0 amide bonds. The Morgan fingerprint density at radius 1 is 0.929 bits per heavy atom. The number of anilines is 2. The fourth-order valence-electron chi connectivity index (χ4n) is 2.88. The van der Waals surface area contributed by atoms with Gasteiger partial charge in [0.2, 0.25) is 6.79 Å². The zero-order valence-corrected chi connectivity index (χ0v) is 15.4. The van der Waals surface area contributed by atoms with Crippen molar-refractivity contribution in [3.05, 3.63) is 76.8 Å². The SMILES string of the molecule is O=[N+]([O-])c1ccccc1-c1ccc(NC(=S)Nc2ccc3c(c2)OCO3)cc1. The van der Waals surface area contributed by atoms with E-state index in [1.807, 2.05) is 42.5 Å². The number of nitrogens with zero attached hydrogens (tertiary/aromatic N) is 1. The van der Waals surface area contributed by atoms with E-state index < -0.39 is 0 Å². The molecule has 0 atom stereocenters. The lowest BCUT2D eigenvalue weighted by molar-refractivity contribution is -0.384. The van der Waals surface area contributed by atoms with Crippen LogP contribution in [0.5, 0.6) is 11.5 Å². The number of ether oxygens (including phenoxy) is 2. The van der Waals surface area contributed by atoms with E-state index in [0.717, 1.165) is 16.9 Å². The highest BCUT2D eigenvalue weighted by atomic mass is 32.1. The van der Waals surface area contributed by atoms with Crippen LogP contribution in [0.4, 0.5) is 17.1 Å². The van der Waals surface area contributed by atoms with Gasteiger partial charge in [-0.05, 0) is 48.1 Å². The van der Waals surface area contributed by atoms with Crippen LogP contribution in [0.1, 0.15) is 0 Å². The summed E-state index contributed by atoms with van der Waals surface area (Å²) < 4.78 is 10.6. The molecule has 0 fully saturated rings. The van der Waals surface area contributed by atoms with Crippen LogP contribution in [0.3, 0.4) is 0 Å². The van der Waals surface area contributed by atoms with Gasteiger partial charge in [-0.1, -0.05) is 24.3 Å². The van der Waals surface area contributed by atoms with Gasteiger partial charge in [-0.2, -0.15) is 0 Å². The lowest BCUT2D eigenvalue weighted by atomic mass is 10.0. The number of fused-ring (bicyclic) bond motifs is 1. The van der Waals surface area contributed by atoms with Crippen LogP contribution in [0.15, 0.2) is 66.7 Å². The van der Waals surface area contributed by atoms with Gasteiger partial charge in [0.05, 0.1) is 10.5 Å². The van der Waals surface area contributed by atoms with E-state index in [0.29, 0.717) is 22.2 Å². The van der Waals surface area contributed by atoms with E-state index in [1.165, 1.54) is 6.07 Å². The minimum Gasteiger partial charge on any atom is -0.454 e. The van der Waals surface area contributed by atoms with Crippen LogP contribution in [0.25, 0.3) is 11.1 Å². The number of para-hydroxylation sites is 1. The molecule has 7 nitrogen and oxygen atoms in total. The van der Waals surface area contributed by atoms with Crippen molar-refractivity contribution in [2.75, 3.05) is 17.4 Å². The molecule has 3 aromatic carbocycles. The van der Waals surface area contributed by atoms with Gasteiger partial charge >= 0.3 is 0 Å². The number of nitro groups is 1. The quantitative estimate of drug-likeness (QED) is 0.374. The van der Waals surface area contributed by atoms with E-state index in [2.05, 4.69) is 10.6 Å². The zero-order chi connectivity index (χ0) is 19.5. The Bertz CT molecular complexity index is 1050. The first-order chi connectivity index (χ1) is 13.6. The molecular weight excluding hydrogens is 378 g/mol. The van der Waals surface area contributed by atoms with Crippen molar-refractivity contribution in [2.45, 2.75) is 0 Å². The van der Waals surface area contributed by atoms with Crippen LogP contribution in [0, 0.1) is 10.1 Å². The minimum atomic E-state index is -0.383. The molecule has 0 spiro atoms. The average Bonchev–Trinajstić information content (AvgIpc) is 3.16. The summed E-state index contributed by atoms with van der Waals surface area (Å²) in [6, 6.07) is 19.4. The topological polar surface area (TPSA) is 85.7 Å². The molecule has 140 valence electrons. The van der Waals surface area contributed by atoms with Crippen molar-refractivity contribution in [1.82, 2.24) is 0 Å². The molecule has 28 heavy (non-hydrogen) atoms. The number of hydrogen-bond donors (Lipinski definition) is 2. The predicted octanol–water partition coefficient (Wildman–Crippen LogP) is 4.80. The third kappa shape index (κ3) is 3.72. The fourth-order valence-corrected chi connectivity index (χ4v) is 3.11. The Labute approximate surface area is 166 Å². The van der Waals surface area contributed by atoms with Crippen LogP contribution >= 0.6 is 12.2 Å². The summed E-state index contributed by atoms with van der Waals surface area (Å²) in [5.41, 5.74) is 2.94. The Kier molecular flexibility index (Phi) is 4.77. The summed E-state index contributed by atoms with van der Waals surface area (Å²) in [6.07, 6.45) is 0. The standard InChI is InChI=1S/C20H15N3O4S/c24-23(25)17-4-2-1-3-16(17)13-5-7-14(8-6-13)21-20(28)22-15-9-10-18-19(11-15)27-12-26-18/h1-11H,12H2,(H2,21,22,28). The van der Waals surface area contributed by atoms with Crippen molar-refractivity contribution in [3.63, 3.8) is 0 Å². The molecule has 3 aromatic rings. The highest BCUT2D eigenvalue weighted by molar-refractivity contribution is 7.80. The number of nitro benzene ring substituents is 1. The molecule has 0 unspecified atom stereocenters. The van der Waals surface area contributed by atoms with Gasteiger partial charge in [0.25, 0.3) is 5.69 Å². The van der Waals surface area contributed by atoms with Crippen molar-refractivity contribution in [2.24, 2.45) is 0 Å². The predicted molar refractivity (Wildman–Crippen MR) is 111 cm³/mol. The molecule has 8 heteroatoms. The summed E-state index contributed by atoms with van der Waals surface area (Å²) in [5.74, 6) is 1.37. The highest BCUT2D eigenvalue weighted by Crippen LogP contribution is 2.34. The second-order valence-corrected chi connectivity index (χ2v) is 6.41. The Hall–Kier alpha value is -3.65. The van der Waals surface area contributed by atoms with Gasteiger partial charge in [-0.3, -0.25) is 10.1 Å². The zero-order valence-electron chi connectivity index (χ0n) is 14.5. The van der Waals surface area contributed by atoms with Gasteiger partial charge < -0.3 is 20.1 Å². The maximum absolute atomic E-state index is 11.2.